The van der Waals surface area contributed by atoms with E-state index >= 15 is 0 Å². The topological polar surface area (TPSA) is 38.8 Å². The van der Waals surface area contributed by atoms with Crippen molar-refractivity contribution in [1.82, 2.24) is 4.90 Å². The van der Waals surface area contributed by atoms with Gasteiger partial charge in [-0.25, -0.2) is 4.79 Å². The van der Waals surface area contributed by atoms with Crippen molar-refractivity contribution in [2.45, 2.75) is 61.8 Å². The van der Waals surface area contributed by atoms with Crippen molar-refractivity contribution < 1.29 is 14.3 Å². The summed E-state index contributed by atoms with van der Waals surface area (Å²) in [6, 6.07) is 8.92. The maximum atomic E-state index is 12.3. The zero-order valence-corrected chi connectivity index (χ0v) is 14.8. The van der Waals surface area contributed by atoms with Crippen LogP contribution in [-0.2, 0) is 9.53 Å². The number of carbonyl (C=O) groups is 1. The third kappa shape index (κ3) is 3.83. The molecule has 5 heteroatoms. The van der Waals surface area contributed by atoms with Crippen molar-refractivity contribution in [2.24, 2.45) is 0 Å². The van der Waals surface area contributed by atoms with Crippen molar-refractivity contribution in [3.05, 3.63) is 24.3 Å². The number of carbonyl (C=O) groups excluding carboxylic acids is 1. The van der Waals surface area contributed by atoms with Gasteiger partial charge in [0.15, 0.2) is 6.10 Å². The highest BCUT2D eigenvalue weighted by molar-refractivity contribution is 7.98. The maximum absolute atomic E-state index is 12.3. The van der Waals surface area contributed by atoms with Gasteiger partial charge in [0.2, 0.25) is 0 Å². The summed E-state index contributed by atoms with van der Waals surface area (Å²) in [5.41, 5.74) is 0. The SMILES string of the molecule is CSc1ccc(OC(C)C(=O)OC2CC3CCC(C2)N3C)cc1. The zero-order valence-electron chi connectivity index (χ0n) is 14.0. The van der Waals surface area contributed by atoms with Gasteiger partial charge < -0.3 is 14.4 Å². The van der Waals surface area contributed by atoms with Crippen LogP contribution in [0.2, 0.25) is 0 Å². The quantitative estimate of drug-likeness (QED) is 0.609. The minimum Gasteiger partial charge on any atom is -0.479 e. The van der Waals surface area contributed by atoms with Gasteiger partial charge in [-0.05, 0) is 70.2 Å². The highest BCUT2D eigenvalue weighted by atomic mass is 32.2. The van der Waals surface area contributed by atoms with Crippen LogP contribution in [0.15, 0.2) is 29.2 Å². The van der Waals surface area contributed by atoms with E-state index in [4.69, 9.17) is 9.47 Å². The predicted octanol–water partition coefficient (Wildman–Crippen LogP) is 3.34. The van der Waals surface area contributed by atoms with Gasteiger partial charge in [0.25, 0.3) is 0 Å². The van der Waals surface area contributed by atoms with Gasteiger partial charge in [0.05, 0.1) is 0 Å². The van der Waals surface area contributed by atoms with Crippen molar-refractivity contribution >= 4 is 17.7 Å². The Hall–Kier alpha value is -1.20. The van der Waals surface area contributed by atoms with Crippen LogP contribution in [-0.4, -0.2) is 48.5 Å². The molecule has 4 nitrogen and oxygen atoms in total. The van der Waals surface area contributed by atoms with Crippen LogP contribution in [0.1, 0.15) is 32.6 Å². The largest absolute Gasteiger partial charge is 0.479 e. The van der Waals surface area contributed by atoms with E-state index < -0.39 is 6.10 Å². The first-order chi connectivity index (χ1) is 11.1. The van der Waals surface area contributed by atoms with E-state index in [0.29, 0.717) is 17.8 Å². The Kier molecular flexibility index (Phi) is 5.17. The molecule has 3 atom stereocenters. The molecule has 1 aromatic carbocycles. The van der Waals surface area contributed by atoms with E-state index in [-0.39, 0.29) is 12.1 Å². The molecule has 23 heavy (non-hydrogen) atoms. The molecule has 2 bridgehead atoms. The number of nitrogens with zero attached hydrogens (tertiary/aromatic N) is 1. The lowest BCUT2D eigenvalue weighted by atomic mass is 10.0. The Morgan fingerprint density at radius 2 is 1.83 bits per heavy atom. The Balaban J connectivity index is 1.51. The van der Waals surface area contributed by atoms with Crippen LogP contribution in [0, 0.1) is 0 Å². The lowest BCUT2D eigenvalue weighted by Crippen LogP contribution is -2.44. The van der Waals surface area contributed by atoms with E-state index in [0.717, 1.165) is 12.8 Å². The third-order valence-electron chi connectivity index (χ3n) is 5.04. The van der Waals surface area contributed by atoms with Gasteiger partial charge in [0.1, 0.15) is 11.9 Å². The number of fused-ring (bicyclic) bond motifs is 2. The van der Waals surface area contributed by atoms with Gasteiger partial charge in [-0.2, -0.15) is 0 Å². The molecule has 3 rings (SSSR count). The predicted molar refractivity (Wildman–Crippen MR) is 92.0 cm³/mol. The summed E-state index contributed by atoms with van der Waals surface area (Å²) in [6.07, 6.45) is 5.85. The molecule has 0 saturated carbocycles. The number of hydrogen-bond acceptors (Lipinski definition) is 5. The fourth-order valence-corrected chi connectivity index (χ4v) is 4.03. The molecule has 2 aliphatic heterocycles. The van der Waals surface area contributed by atoms with E-state index in [1.54, 1.807) is 18.7 Å². The molecule has 3 unspecified atom stereocenters. The molecule has 0 aliphatic carbocycles. The standard InChI is InChI=1S/C18H25NO3S/c1-12(21-15-6-8-17(23-3)9-7-15)18(20)22-16-10-13-4-5-14(11-16)19(13)2/h6-9,12-14,16H,4-5,10-11H2,1-3H3. The second kappa shape index (κ2) is 7.14. The summed E-state index contributed by atoms with van der Waals surface area (Å²) >= 11 is 1.68. The van der Waals surface area contributed by atoms with Gasteiger partial charge >= 0.3 is 5.97 Å². The van der Waals surface area contributed by atoms with Gasteiger partial charge in [-0.1, -0.05) is 0 Å². The fourth-order valence-electron chi connectivity index (χ4n) is 3.62. The van der Waals surface area contributed by atoms with Crippen LogP contribution >= 0.6 is 11.8 Å². The molecular weight excluding hydrogens is 310 g/mol. The lowest BCUT2D eigenvalue weighted by Gasteiger charge is -2.36. The Bertz CT molecular complexity index is 534. The van der Waals surface area contributed by atoms with Crippen LogP contribution in [0.25, 0.3) is 0 Å². The van der Waals surface area contributed by atoms with E-state index in [9.17, 15) is 4.79 Å². The molecule has 1 aromatic rings. The van der Waals surface area contributed by atoms with Crippen molar-refractivity contribution in [2.75, 3.05) is 13.3 Å². The minimum atomic E-state index is -0.576. The average Bonchev–Trinajstić information content (AvgIpc) is 2.76. The highest BCUT2D eigenvalue weighted by Gasteiger charge is 2.40. The third-order valence-corrected chi connectivity index (χ3v) is 5.79. The first-order valence-electron chi connectivity index (χ1n) is 8.30. The Labute approximate surface area is 142 Å². The number of benzene rings is 1. The molecule has 0 amide bonds. The van der Waals surface area contributed by atoms with Crippen LogP contribution in [0.5, 0.6) is 5.75 Å². The molecule has 0 radical (unpaired) electrons. The van der Waals surface area contributed by atoms with E-state index in [1.807, 2.05) is 30.5 Å². The summed E-state index contributed by atoms with van der Waals surface area (Å²) in [4.78, 5) is 15.9. The number of esters is 1. The van der Waals surface area contributed by atoms with Crippen molar-refractivity contribution in [1.29, 1.82) is 0 Å². The lowest BCUT2D eigenvalue weighted by molar-refractivity contribution is -0.159. The van der Waals surface area contributed by atoms with Crippen molar-refractivity contribution in [3.63, 3.8) is 0 Å². The minimum absolute atomic E-state index is 0.0427. The summed E-state index contributed by atoms with van der Waals surface area (Å²) in [7, 11) is 2.18. The van der Waals surface area contributed by atoms with E-state index in [2.05, 4.69) is 11.9 Å². The Morgan fingerprint density at radius 3 is 2.39 bits per heavy atom. The van der Waals surface area contributed by atoms with Gasteiger partial charge in [0, 0.05) is 17.0 Å². The normalized spacial score (nSPS) is 28.4. The smallest absolute Gasteiger partial charge is 0.347 e. The molecule has 2 aliphatic rings. The first kappa shape index (κ1) is 16.7. The van der Waals surface area contributed by atoms with Crippen LogP contribution in [0.4, 0.5) is 0 Å². The van der Waals surface area contributed by atoms with Gasteiger partial charge in [-0.15, -0.1) is 11.8 Å². The second-order valence-electron chi connectivity index (χ2n) is 6.52. The average molecular weight is 335 g/mol. The Morgan fingerprint density at radius 1 is 1.22 bits per heavy atom. The molecule has 126 valence electrons. The monoisotopic (exact) mass is 335 g/mol. The van der Waals surface area contributed by atoms with E-state index in [1.165, 1.54) is 17.7 Å². The van der Waals surface area contributed by atoms with Crippen LogP contribution in [0.3, 0.4) is 0 Å². The van der Waals surface area contributed by atoms with Crippen molar-refractivity contribution in [3.8, 4) is 5.75 Å². The molecule has 0 aromatic heterocycles. The number of ether oxygens (including phenoxy) is 2. The zero-order chi connectivity index (χ0) is 16.4. The molecule has 0 spiro atoms. The number of hydrogen-bond donors (Lipinski definition) is 0. The number of piperidine rings is 1. The fraction of sp³-hybridized carbons (Fsp3) is 0.611. The molecule has 2 heterocycles. The first-order valence-corrected chi connectivity index (χ1v) is 9.52. The summed E-state index contributed by atoms with van der Waals surface area (Å²) in [6.45, 7) is 1.76. The highest BCUT2D eigenvalue weighted by Crippen LogP contribution is 2.35. The summed E-state index contributed by atoms with van der Waals surface area (Å²) < 4.78 is 11.4. The summed E-state index contributed by atoms with van der Waals surface area (Å²) in [5, 5.41) is 0. The maximum Gasteiger partial charge on any atom is 0.347 e. The number of thioether (sulfide) groups is 1. The van der Waals surface area contributed by atoms with Crippen LogP contribution < -0.4 is 4.74 Å². The second-order valence-corrected chi connectivity index (χ2v) is 7.40. The summed E-state index contributed by atoms with van der Waals surface area (Å²) in [5.74, 6) is 0.448. The molecule has 2 saturated heterocycles. The van der Waals surface area contributed by atoms with Gasteiger partial charge in [-0.3, -0.25) is 0 Å². The molecule has 2 fully saturated rings. The molecule has 0 N–H and O–H groups in total. The molecular formula is C18H25NO3S. The number of rotatable bonds is 5.